The normalized spacial score (nSPS) is 25.0. The van der Waals surface area contributed by atoms with Gasteiger partial charge in [-0.15, -0.1) is 0 Å². The molecule has 1 saturated carbocycles. The number of rotatable bonds is 5. The number of hydrogen-bond acceptors (Lipinski definition) is 4. The highest BCUT2D eigenvalue weighted by molar-refractivity contribution is 5.70. The van der Waals surface area contributed by atoms with E-state index < -0.39 is 11.6 Å². The van der Waals surface area contributed by atoms with Gasteiger partial charge in [0.05, 0.1) is 24.0 Å². The first-order chi connectivity index (χ1) is 10.0. The van der Waals surface area contributed by atoms with Crippen LogP contribution in [0.5, 0.6) is 5.75 Å². The molecule has 1 aromatic rings. The van der Waals surface area contributed by atoms with Gasteiger partial charge in [0.25, 0.3) is 0 Å². The zero-order valence-corrected chi connectivity index (χ0v) is 11.8. The smallest absolute Gasteiger partial charge is 0.306 e. The van der Waals surface area contributed by atoms with Crippen LogP contribution in [0.25, 0.3) is 0 Å². The number of nitriles is 1. The van der Waals surface area contributed by atoms with Gasteiger partial charge in [0.2, 0.25) is 0 Å². The van der Waals surface area contributed by atoms with Gasteiger partial charge in [-0.1, -0.05) is 12.1 Å². The van der Waals surface area contributed by atoms with Crippen molar-refractivity contribution in [2.75, 3.05) is 6.61 Å². The van der Waals surface area contributed by atoms with Gasteiger partial charge in [-0.3, -0.25) is 4.79 Å². The highest BCUT2D eigenvalue weighted by Gasteiger charge is 2.36. The molecule has 2 rings (SSSR count). The third-order valence-electron chi connectivity index (χ3n) is 3.98. The van der Waals surface area contributed by atoms with Crippen LogP contribution in [0.3, 0.4) is 0 Å². The Labute approximate surface area is 123 Å². The summed E-state index contributed by atoms with van der Waals surface area (Å²) in [7, 11) is 0. The maximum Gasteiger partial charge on any atom is 0.306 e. The summed E-state index contributed by atoms with van der Waals surface area (Å²) in [4.78, 5) is 10.9. The molecule has 112 valence electrons. The molecule has 1 aromatic carbocycles. The van der Waals surface area contributed by atoms with E-state index in [4.69, 9.17) is 15.1 Å². The fourth-order valence-corrected chi connectivity index (χ4v) is 2.56. The molecular formula is C16H19NO4. The van der Waals surface area contributed by atoms with Crippen LogP contribution in [0.2, 0.25) is 0 Å². The van der Waals surface area contributed by atoms with Gasteiger partial charge in [-0.2, -0.15) is 5.26 Å². The Morgan fingerprint density at radius 2 is 1.95 bits per heavy atom. The average molecular weight is 289 g/mol. The van der Waals surface area contributed by atoms with Gasteiger partial charge < -0.3 is 14.9 Å². The molecule has 0 bridgehead atoms. The SMILES string of the molecule is N#CCc1ccc(OCC2(O)CCC(C(=O)O)CC2)cc1. The van der Waals surface area contributed by atoms with Crippen LogP contribution in [0, 0.1) is 17.2 Å². The van der Waals surface area contributed by atoms with E-state index in [2.05, 4.69) is 6.07 Å². The van der Waals surface area contributed by atoms with Crippen LogP contribution in [0.1, 0.15) is 31.2 Å². The monoisotopic (exact) mass is 289 g/mol. The van der Waals surface area contributed by atoms with Crippen molar-refractivity contribution in [3.8, 4) is 11.8 Å². The summed E-state index contributed by atoms with van der Waals surface area (Å²) in [6.07, 6.45) is 2.21. The van der Waals surface area contributed by atoms with Crippen LogP contribution < -0.4 is 4.74 Å². The molecule has 0 radical (unpaired) electrons. The van der Waals surface area contributed by atoms with E-state index in [-0.39, 0.29) is 12.5 Å². The lowest BCUT2D eigenvalue weighted by Gasteiger charge is -2.34. The molecule has 1 aliphatic rings. The molecule has 0 amide bonds. The van der Waals surface area contributed by atoms with Crippen LogP contribution in [-0.4, -0.2) is 28.4 Å². The van der Waals surface area contributed by atoms with E-state index in [9.17, 15) is 9.90 Å². The molecule has 21 heavy (non-hydrogen) atoms. The van der Waals surface area contributed by atoms with Crippen molar-refractivity contribution in [2.24, 2.45) is 5.92 Å². The van der Waals surface area contributed by atoms with Crippen molar-refractivity contribution in [1.82, 2.24) is 0 Å². The standard InChI is InChI=1S/C16H19NO4/c17-10-7-12-1-3-14(4-2-12)21-11-16(20)8-5-13(6-9-16)15(18)19/h1-4,13,20H,5-9,11H2,(H,18,19). The van der Waals surface area contributed by atoms with Gasteiger partial charge in [0, 0.05) is 0 Å². The lowest BCUT2D eigenvalue weighted by molar-refractivity contribution is -0.145. The van der Waals surface area contributed by atoms with E-state index in [0.717, 1.165) is 5.56 Å². The van der Waals surface area contributed by atoms with E-state index in [1.807, 2.05) is 12.1 Å². The Bertz CT molecular complexity index is 524. The molecule has 1 fully saturated rings. The highest BCUT2D eigenvalue weighted by atomic mass is 16.5. The van der Waals surface area contributed by atoms with Gasteiger partial charge in [0.15, 0.2) is 0 Å². The van der Waals surface area contributed by atoms with Crippen LogP contribution in [-0.2, 0) is 11.2 Å². The molecule has 5 heteroatoms. The third kappa shape index (κ3) is 4.20. The van der Waals surface area contributed by atoms with Crippen molar-refractivity contribution in [2.45, 2.75) is 37.7 Å². The molecule has 0 heterocycles. The molecule has 0 saturated heterocycles. The van der Waals surface area contributed by atoms with Crippen LogP contribution >= 0.6 is 0 Å². The van der Waals surface area contributed by atoms with E-state index in [1.165, 1.54) is 0 Å². The number of aliphatic hydroxyl groups is 1. The predicted molar refractivity (Wildman–Crippen MR) is 75.8 cm³/mol. The van der Waals surface area contributed by atoms with Crippen molar-refractivity contribution < 1.29 is 19.7 Å². The number of nitrogens with zero attached hydrogens (tertiary/aromatic N) is 1. The van der Waals surface area contributed by atoms with Crippen molar-refractivity contribution in [1.29, 1.82) is 5.26 Å². The molecule has 1 aliphatic carbocycles. The number of hydrogen-bond donors (Lipinski definition) is 2. The topological polar surface area (TPSA) is 90.5 Å². The highest BCUT2D eigenvalue weighted by Crippen LogP contribution is 2.32. The second kappa shape index (κ2) is 6.59. The second-order valence-electron chi connectivity index (χ2n) is 5.60. The third-order valence-corrected chi connectivity index (χ3v) is 3.98. The summed E-state index contributed by atoms with van der Waals surface area (Å²) in [6, 6.07) is 9.28. The number of ether oxygens (including phenoxy) is 1. The Balaban J connectivity index is 1.85. The molecule has 5 nitrogen and oxygen atoms in total. The zero-order chi connectivity index (χ0) is 15.3. The van der Waals surface area contributed by atoms with E-state index >= 15 is 0 Å². The van der Waals surface area contributed by atoms with Crippen molar-refractivity contribution in [3.05, 3.63) is 29.8 Å². The maximum atomic E-state index is 10.9. The molecule has 0 spiro atoms. The molecular weight excluding hydrogens is 270 g/mol. The van der Waals surface area contributed by atoms with Crippen LogP contribution in [0.15, 0.2) is 24.3 Å². The second-order valence-corrected chi connectivity index (χ2v) is 5.60. The Hall–Kier alpha value is -2.06. The van der Waals surface area contributed by atoms with Gasteiger partial charge >= 0.3 is 5.97 Å². The minimum Gasteiger partial charge on any atom is -0.491 e. The molecule has 0 aliphatic heterocycles. The largest absolute Gasteiger partial charge is 0.491 e. The average Bonchev–Trinajstić information content (AvgIpc) is 2.47. The first-order valence-electron chi connectivity index (χ1n) is 7.06. The first kappa shape index (κ1) is 15.3. The lowest BCUT2D eigenvalue weighted by atomic mass is 9.79. The summed E-state index contributed by atoms with van der Waals surface area (Å²) >= 11 is 0. The van der Waals surface area contributed by atoms with Crippen LogP contribution in [0.4, 0.5) is 0 Å². The van der Waals surface area contributed by atoms with Gasteiger partial charge in [-0.05, 0) is 43.4 Å². The van der Waals surface area contributed by atoms with Gasteiger partial charge in [-0.25, -0.2) is 0 Å². The number of benzene rings is 1. The first-order valence-corrected chi connectivity index (χ1v) is 7.06. The predicted octanol–water partition coefficient (Wildman–Crippen LogP) is 2.14. The fraction of sp³-hybridized carbons (Fsp3) is 0.500. The number of carboxylic acids is 1. The Morgan fingerprint density at radius 1 is 1.33 bits per heavy atom. The van der Waals surface area contributed by atoms with Gasteiger partial charge in [0.1, 0.15) is 12.4 Å². The van der Waals surface area contributed by atoms with Crippen molar-refractivity contribution >= 4 is 5.97 Å². The summed E-state index contributed by atoms with van der Waals surface area (Å²) in [6.45, 7) is 0.164. The maximum absolute atomic E-state index is 10.9. The Kier molecular flexibility index (Phi) is 4.81. The quantitative estimate of drug-likeness (QED) is 0.866. The fourth-order valence-electron chi connectivity index (χ4n) is 2.56. The Morgan fingerprint density at radius 3 is 2.48 bits per heavy atom. The molecule has 2 N–H and O–H groups in total. The number of carbonyl (C=O) groups is 1. The lowest BCUT2D eigenvalue weighted by Crippen LogP contribution is -2.41. The summed E-state index contributed by atoms with van der Waals surface area (Å²) < 4.78 is 5.60. The van der Waals surface area contributed by atoms with Crippen molar-refractivity contribution in [3.63, 3.8) is 0 Å². The summed E-state index contributed by atoms with van der Waals surface area (Å²) in [5.74, 6) is -0.493. The molecule has 0 atom stereocenters. The molecule has 0 unspecified atom stereocenters. The number of carboxylic acid groups (broad SMARTS) is 1. The minimum absolute atomic E-state index is 0.164. The minimum atomic E-state index is -0.947. The molecule has 0 aromatic heterocycles. The summed E-state index contributed by atoms with van der Waals surface area (Å²) in [5, 5.41) is 28.0. The number of aliphatic carboxylic acids is 1. The van der Waals surface area contributed by atoms with E-state index in [1.54, 1.807) is 12.1 Å². The zero-order valence-electron chi connectivity index (χ0n) is 11.8. The summed E-state index contributed by atoms with van der Waals surface area (Å²) in [5.41, 5.74) is -0.0254. The van der Waals surface area contributed by atoms with E-state index in [0.29, 0.717) is 37.9 Å².